The lowest BCUT2D eigenvalue weighted by Gasteiger charge is -2.18. The maximum atomic E-state index is 11.7. The van der Waals surface area contributed by atoms with Crippen molar-refractivity contribution < 1.29 is 19.8 Å². The minimum atomic E-state index is -1.10. The topological polar surface area (TPSA) is 86.6 Å². The van der Waals surface area contributed by atoms with Crippen LogP contribution in [0.4, 0.5) is 5.69 Å². The number of rotatable bonds is 4. The minimum Gasteiger partial charge on any atom is -0.508 e. The Hall–Kier alpha value is -2.04. The molecule has 0 spiro atoms. The van der Waals surface area contributed by atoms with Crippen molar-refractivity contribution in [2.24, 2.45) is 5.41 Å². The molecule has 5 nitrogen and oxygen atoms in total. The van der Waals surface area contributed by atoms with Gasteiger partial charge >= 0.3 is 5.97 Å². The van der Waals surface area contributed by atoms with Crippen LogP contribution in [0.15, 0.2) is 18.2 Å². The Morgan fingerprint density at radius 1 is 1.33 bits per heavy atom. The van der Waals surface area contributed by atoms with Gasteiger partial charge in [-0.1, -0.05) is 0 Å². The molecule has 0 heterocycles. The predicted molar refractivity (Wildman–Crippen MR) is 67.5 cm³/mol. The molecule has 0 aliphatic carbocycles. The normalized spacial score (nSPS) is 11.1. The number of aryl methyl sites for hydroxylation is 1. The van der Waals surface area contributed by atoms with E-state index in [1.54, 1.807) is 19.1 Å². The third-order valence-electron chi connectivity index (χ3n) is 2.66. The van der Waals surface area contributed by atoms with Crippen molar-refractivity contribution in [2.45, 2.75) is 27.2 Å². The third kappa shape index (κ3) is 3.48. The Labute approximate surface area is 105 Å². The molecule has 0 aliphatic heterocycles. The molecule has 98 valence electrons. The van der Waals surface area contributed by atoms with Gasteiger partial charge in [0.15, 0.2) is 0 Å². The molecule has 1 rings (SSSR count). The van der Waals surface area contributed by atoms with E-state index >= 15 is 0 Å². The van der Waals surface area contributed by atoms with Crippen LogP contribution in [0.25, 0.3) is 0 Å². The summed E-state index contributed by atoms with van der Waals surface area (Å²) in [7, 11) is 0. The third-order valence-corrected chi connectivity index (χ3v) is 2.66. The van der Waals surface area contributed by atoms with Crippen LogP contribution < -0.4 is 5.32 Å². The van der Waals surface area contributed by atoms with Crippen molar-refractivity contribution in [3.8, 4) is 5.75 Å². The molecule has 3 N–H and O–H groups in total. The van der Waals surface area contributed by atoms with E-state index in [2.05, 4.69) is 5.32 Å². The smallest absolute Gasteiger partial charge is 0.309 e. The van der Waals surface area contributed by atoms with Gasteiger partial charge in [-0.25, -0.2) is 0 Å². The lowest BCUT2D eigenvalue weighted by atomic mass is 9.89. The lowest BCUT2D eigenvalue weighted by molar-refractivity contribution is -0.148. The monoisotopic (exact) mass is 251 g/mol. The van der Waals surface area contributed by atoms with Gasteiger partial charge in [-0.15, -0.1) is 0 Å². The zero-order valence-corrected chi connectivity index (χ0v) is 10.7. The van der Waals surface area contributed by atoms with Gasteiger partial charge in [0.1, 0.15) is 5.75 Å². The molecule has 18 heavy (non-hydrogen) atoms. The number of benzene rings is 1. The summed E-state index contributed by atoms with van der Waals surface area (Å²) in [5, 5.41) is 20.9. The fourth-order valence-electron chi connectivity index (χ4n) is 1.42. The van der Waals surface area contributed by atoms with Crippen molar-refractivity contribution in [1.29, 1.82) is 0 Å². The molecular weight excluding hydrogens is 234 g/mol. The zero-order chi connectivity index (χ0) is 13.9. The SMILES string of the molecule is Cc1cc(NC(=O)CC(C)(C)C(=O)O)ccc1O. The van der Waals surface area contributed by atoms with Crippen LogP contribution in [0.1, 0.15) is 25.8 Å². The van der Waals surface area contributed by atoms with Crippen LogP contribution in [0.2, 0.25) is 0 Å². The highest BCUT2D eigenvalue weighted by Crippen LogP contribution is 2.23. The van der Waals surface area contributed by atoms with Gasteiger partial charge in [0.2, 0.25) is 5.91 Å². The number of nitrogens with one attached hydrogen (secondary N) is 1. The van der Waals surface area contributed by atoms with Crippen LogP contribution >= 0.6 is 0 Å². The van der Waals surface area contributed by atoms with Crippen LogP contribution in [0, 0.1) is 12.3 Å². The van der Waals surface area contributed by atoms with Crippen LogP contribution in [0.3, 0.4) is 0 Å². The van der Waals surface area contributed by atoms with Gasteiger partial charge in [-0.3, -0.25) is 9.59 Å². The number of aliphatic carboxylic acids is 1. The second-order valence-corrected chi connectivity index (χ2v) is 4.92. The first-order valence-corrected chi connectivity index (χ1v) is 5.55. The molecule has 1 aromatic carbocycles. The summed E-state index contributed by atoms with van der Waals surface area (Å²) in [5.41, 5.74) is 0.0811. The van der Waals surface area contributed by atoms with E-state index in [0.29, 0.717) is 11.3 Å². The largest absolute Gasteiger partial charge is 0.508 e. The van der Waals surface area contributed by atoms with E-state index in [-0.39, 0.29) is 18.1 Å². The van der Waals surface area contributed by atoms with Gasteiger partial charge in [0, 0.05) is 12.1 Å². The second-order valence-electron chi connectivity index (χ2n) is 4.92. The highest BCUT2D eigenvalue weighted by atomic mass is 16.4. The molecule has 0 unspecified atom stereocenters. The molecule has 0 saturated heterocycles. The van der Waals surface area contributed by atoms with Gasteiger partial charge in [-0.2, -0.15) is 0 Å². The van der Waals surface area contributed by atoms with Gasteiger partial charge in [0.25, 0.3) is 0 Å². The number of phenolic OH excluding ortho intramolecular Hbond substituents is 1. The highest BCUT2D eigenvalue weighted by molar-refractivity contribution is 5.94. The maximum Gasteiger partial charge on any atom is 0.309 e. The Morgan fingerprint density at radius 3 is 2.44 bits per heavy atom. The molecule has 5 heteroatoms. The van der Waals surface area contributed by atoms with E-state index < -0.39 is 11.4 Å². The standard InChI is InChI=1S/C13H17NO4/c1-8-6-9(4-5-10(8)15)14-11(16)7-13(2,3)12(17)18/h4-6,15H,7H2,1-3H3,(H,14,16)(H,17,18). The average molecular weight is 251 g/mol. The van der Waals surface area contributed by atoms with Crippen molar-refractivity contribution in [2.75, 3.05) is 5.32 Å². The number of carboxylic acid groups (broad SMARTS) is 1. The average Bonchev–Trinajstić information content (AvgIpc) is 2.22. The number of carbonyl (C=O) groups is 2. The number of carboxylic acids is 1. The Kier molecular flexibility index (Phi) is 3.96. The van der Waals surface area contributed by atoms with Crippen molar-refractivity contribution in [3.63, 3.8) is 0 Å². The van der Waals surface area contributed by atoms with Gasteiger partial charge < -0.3 is 15.5 Å². The fraction of sp³-hybridized carbons (Fsp3) is 0.385. The lowest BCUT2D eigenvalue weighted by Crippen LogP contribution is -2.29. The summed E-state index contributed by atoms with van der Waals surface area (Å²) in [6, 6.07) is 4.67. The summed E-state index contributed by atoms with van der Waals surface area (Å²) in [6.45, 7) is 4.71. The van der Waals surface area contributed by atoms with Crippen LogP contribution in [-0.2, 0) is 9.59 Å². The first kappa shape index (κ1) is 14.0. The molecule has 0 fully saturated rings. The number of aromatic hydroxyl groups is 1. The number of hydrogen-bond acceptors (Lipinski definition) is 3. The van der Waals surface area contributed by atoms with Crippen molar-refractivity contribution in [3.05, 3.63) is 23.8 Å². The molecule has 0 aromatic heterocycles. The summed E-state index contributed by atoms with van der Waals surface area (Å²) >= 11 is 0. The molecule has 0 aliphatic rings. The van der Waals surface area contributed by atoms with E-state index in [4.69, 9.17) is 5.11 Å². The molecule has 0 atom stereocenters. The van der Waals surface area contributed by atoms with Gasteiger partial charge in [-0.05, 0) is 44.5 Å². The number of anilines is 1. The first-order chi connectivity index (χ1) is 8.22. The maximum absolute atomic E-state index is 11.7. The molecule has 0 radical (unpaired) electrons. The summed E-state index contributed by atoms with van der Waals surface area (Å²) in [4.78, 5) is 22.6. The Bertz CT molecular complexity index is 480. The van der Waals surface area contributed by atoms with E-state index in [9.17, 15) is 14.7 Å². The summed E-state index contributed by atoms with van der Waals surface area (Å²) in [5.74, 6) is -1.23. The first-order valence-electron chi connectivity index (χ1n) is 5.55. The Morgan fingerprint density at radius 2 is 1.94 bits per heavy atom. The molecule has 0 bridgehead atoms. The number of phenols is 1. The zero-order valence-electron chi connectivity index (χ0n) is 10.7. The van der Waals surface area contributed by atoms with E-state index in [0.717, 1.165) is 0 Å². The minimum absolute atomic E-state index is 0.109. The summed E-state index contributed by atoms with van der Waals surface area (Å²) in [6.07, 6.45) is -0.109. The molecule has 0 saturated carbocycles. The van der Waals surface area contributed by atoms with Crippen molar-refractivity contribution >= 4 is 17.6 Å². The number of carbonyl (C=O) groups excluding carboxylic acids is 1. The molecule has 1 aromatic rings. The second kappa shape index (κ2) is 5.08. The highest BCUT2D eigenvalue weighted by Gasteiger charge is 2.30. The number of amides is 1. The quantitative estimate of drug-likeness (QED) is 0.715. The van der Waals surface area contributed by atoms with Crippen LogP contribution in [-0.4, -0.2) is 22.1 Å². The molecule has 1 amide bonds. The summed E-state index contributed by atoms with van der Waals surface area (Å²) < 4.78 is 0. The van der Waals surface area contributed by atoms with Gasteiger partial charge in [0.05, 0.1) is 5.41 Å². The predicted octanol–water partition coefficient (Wildman–Crippen LogP) is 2.14. The number of hydrogen-bond donors (Lipinski definition) is 3. The van der Waals surface area contributed by atoms with Crippen LogP contribution in [0.5, 0.6) is 5.75 Å². The fourth-order valence-corrected chi connectivity index (χ4v) is 1.42. The van der Waals surface area contributed by atoms with E-state index in [1.165, 1.54) is 19.9 Å². The molecular formula is C13H17NO4. The Balaban J connectivity index is 2.71. The van der Waals surface area contributed by atoms with E-state index in [1.807, 2.05) is 0 Å². The van der Waals surface area contributed by atoms with Crippen molar-refractivity contribution in [1.82, 2.24) is 0 Å².